The Morgan fingerprint density at radius 2 is 2.05 bits per heavy atom. The van der Waals surface area contributed by atoms with Crippen LogP contribution in [0.15, 0.2) is 12.1 Å². The third kappa shape index (κ3) is 3.52. The highest BCUT2D eigenvalue weighted by Crippen LogP contribution is 2.21. The van der Waals surface area contributed by atoms with E-state index in [4.69, 9.17) is 0 Å². The lowest BCUT2D eigenvalue weighted by molar-refractivity contribution is 0.0696. The van der Waals surface area contributed by atoms with Crippen LogP contribution in [0.3, 0.4) is 0 Å². The molecule has 0 spiro atoms. The summed E-state index contributed by atoms with van der Waals surface area (Å²) in [7, 11) is 0. The summed E-state index contributed by atoms with van der Waals surface area (Å²) < 4.78 is 0. The summed E-state index contributed by atoms with van der Waals surface area (Å²) in [5.41, 5.74) is 2.14. The molecule has 2 amide bonds. The number of hydrogen-bond donors (Lipinski definition) is 3. The third-order valence-electron chi connectivity index (χ3n) is 3.83. The van der Waals surface area contributed by atoms with E-state index in [1.807, 2.05) is 6.92 Å². The largest absolute Gasteiger partial charge is 0.478 e. The van der Waals surface area contributed by atoms with Crippen molar-refractivity contribution in [1.29, 1.82) is 0 Å². The molecule has 1 aliphatic heterocycles. The monoisotopic (exact) mass is 292 g/mol. The van der Waals surface area contributed by atoms with Gasteiger partial charge in [0.1, 0.15) is 0 Å². The summed E-state index contributed by atoms with van der Waals surface area (Å²) in [6.07, 6.45) is 0.984. The minimum Gasteiger partial charge on any atom is -0.478 e. The standard InChI is InChI=1S/C15H20N2O4/c1-9-6-11(7-13(10(9)2)14(19)20)16-15(21)17-5-3-4-12(18)8-17/h6-7,12,18H,3-5,8H2,1-2H3,(H,16,21)(H,19,20). The Hall–Kier alpha value is -2.08. The third-order valence-corrected chi connectivity index (χ3v) is 3.83. The predicted molar refractivity (Wildman–Crippen MR) is 78.7 cm³/mol. The number of piperidine rings is 1. The van der Waals surface area contributed by atoms with Crippen LogP contribution in [-0.4, -0.2) is 46.3 Å². The first-order valence-electron chi connectivity index (χ1n) is 6.97. The number of nitrogens with zero attached hydrogens (tertiary/aromatic N) is 1. The molecular formula is C15H20N2O4. The van der Waals surface area contributed by atoms with Crippen molar-refractivity contribution in [1.82, 2.24) is 4.90 Å². The second-order valence-electron chi connectivity index (χ2n) is 5.44. The second kappa shape index (κ2) is 6.13. The molecule has 1 saturated heterocycles. The summed E-state index contributed by atoms with van der Waals surface area (Å²) in [5, 5.41) is 21.5. The van der Waals surface area contributed by atoms with Gasteiger partial charge in [0.2, 0.25) is 0 Å². The van der Waals surface area contributed by atoms with E-state index in [1.165, 1.54) is 6.07 Å². The number of carbonyl (C=O) groups is 2. The Morgan fingerprint density at radius 1 is 1.33 bits per heavy atom. The number of carboxylic acid groups (broad SMARTS) is 1. The number of likely N-dealkylation sites (tertiary alicyclic amines) is 1. The van der Waals surface area contributed by atoms with Crippen molar-refractivity contribution in [3.63, 3.8) is 0 Å². The lowest BCUT2D eigenvalue weighted by Crippen LogP contribution is -2.44. The predicted octanol–water partition coefficient (Wildman–Crippen LogP) is 1.99. The molecule has 2 rings (SSSR count). The van der Waals surface area contributed by atoms with E-state index in [-0.39, 0.29) is 11.6 Å². The molecule has 1 heterocycles. The van der Waals surface area contributed by atoms with Gasteiger partial charge in [-0.05, 0) is 49.9 Å². The molecule has 1 aromatic carbocycles. The second-order valence-corrected chi connectivity index (χ2v) is 5.44. The molecule has 1 aromatic rings. The van der Waals surface area contributed by atoms with Crippen LogP contribution >= 0.6 is 0 Å². The number of aromatic carboxylic acids is 1. The number of aliphatic hydroxyl groups excluding tert-OH is 1. The minimum absolute atomic E-state index is 0.184. The zero-order chi connectivity index (χ0) is 15.6. The van der Waals surface area contributed by atoms with Gasteiger partial charge in [0.15, 0.2) is 0 Å². The van der Waals surface area contributed by atoms with E-state index in [0.717, 1.165) is 12.0 Å². The molecular weight excluding hydrogens is 272 g/mol. The van der Waals surface area contributed by atoms with Gasteiger partial charge in [0.05, 0.1) is 11.7 Å². The summed E-state index contributed by atoms with van der Waals surface area (Å²) in [5.74, 6) is -1.01. The van der Waals surface area contributed by atoms with Gasteiger partial charge in [-0.3, -0.25) is 0 Å². The van der Waals surface area contributed by atoms with Crippen LogP contribution in [0.5, 0.6) is 0 Å². The molecule has 114 valence electrons. The molecule has 1 unspecified atom stereocenters. The molecule has 1 atom stereocenters. The summed E-state index contributed by atoms with van der Waals surface area (Å²) >= 11 is 0. The van der Waals surface area contributed by atoms with Gasteiger partial charge in [0.25, 0.3) is 0 Å². The van der Waals surface area contributed by atoms with Crippen LogP contribution in [0.25, 0.3) is 0 Å². The lowest BCUT2D eigenvalue weighted by Gasteiger charge is -2.30. The van der Waals surface area contributed by atoms with E-state index in [0.29, 0.717) is 30.8 Å². The van der Waals surface area contributed by atoms with E-state index < -0.39 is 12.1 Å². The van der Waals surface area contributed by atoms with Gasteiger partial charge < -0.3 is 20.4 Å². The van der Waals surface area contributed by atoms with Gasteiger partial charge >= 0.3 is 12.0 Å². The van der Waals surface area contributed by atoms with E-state index in [9.17, 15) is 19.8 Å². The first kappa shape index (κ1) is 15.3. The summed E-state index contributed by atoms with van der Waals surface area (Å²) in [4.78, 5) is 24.9. The number of anilines is 1. The lowest BCUT2D eigenvalue weighted by atomic mass is 10.0. The Labute approximate surface area is 123 Å². The van der Waals surface area contributed by atoms with Crippen molar-refractivity contribution in [2.24, 2.45) is 0 Å². The number of amides is 2. The Balaban J connectivity index is 2.15. The number of benzene rings is 1. The maximum Gasteiger partial charge on any atom is 0.336 e. The van der Waals surface area contributed by atoms with Crippen molar-refractivity contribution in [3.8, 4) is 0 Å². The average molecular weight is 292 g/mol. The molecule has 0 aromatic heterocycles. The molecule has 0 saturated carbocycles. The van der Waals surface area contributed by atoms with Crippen molar-refractivity contribution in [2.75, 3.05) is 18.4 Å². The molecule has 0 aliphatic carbocycles. The van der Waals surface area contributed by atoms with E-state index in [2.05, 4.69) is 5.32 Å². The van der Waals surface area contributed by atoms with Crippen LogP contribution in [0.1, 0.15) is 34.3 Å². The first-order valence-corrected chi connectivity index (χ1v) is 6.97. The number of rotatable bonds is 2. The number of aryl methyl sites for hydroxylation is 1. The van der Waals surface area contributed by atoms with Gasteiger partial charge in [0, 0.05) is 18.8 Å². The topological polar surface area (TPSA) is 89.9 Å². The van der Waals surface area contributed by atoms with Crippen molar-refractivity contribution < 1.29 is 19.8 Å². The fourth-order valence-electron chi connectivity index (χ4n) is 2.50. The van der Waals surface area contributed by atoms with E-state index >= 15 is 0 Å². The number of aliphatic hydroxyl groups is 1. The molecule has 21 heavy (non-hydrogen) atoms. The fraction of sp³-hybridized carbons (Fsp3) is 0.467. The van der Waals surface area contributed by atoms with Crippen LogP contribution in [0.2, 0.25) is 0 Å². The molecule has 0 bridgehead atoms. The van der Waals surface area contributed by atoms with Crippen LogP contribution in [-0.2, 0) is 0 Å². The molecule has 1 aliphatic rings. The number of β-amino-alcohol motifs (C(OH)–C–C–N with tert-alkyl or cyclic N) is 1. The molecule has 0 radical (unpaired) electrons. The first-order chi connectivity index (χ1) is 9.88. The van der Waals surface area contributed by atoms with Crippen molar-refractivity contribution in [3.05, 3.63) is 28.8 Å². The highest BCUT2D eigenvalue weighted by Gasteiger charge is 2.22. The Morgan fingerprint density at radius 3 is 2.67 bits per heavy atom. The number of nitrogens with one attached hydrogen (secondary N) is 1. The molecule has 6 nitrogen and oxygen atoms in total. The highest BCUT2D eigenvalue weighted by atomic mass is 16.4. The Bertz CT molecular complexity index is 571. The van der Waals surface area contributed by atoms with Gasteiger partial charge in [-0.1, -0.05) is 0 Å². The minimum atomic E-state index is -1.01. The normalized spacial score (nSPS) is 18.4. The van der Waals surface area contributed by atoms with Crippen LogP contribution in [0, 0.1) is 13.8 Å². The maximum atomic E-state index is 12.1. The maximum absolute atomic E-state index is 12.1. The average Bonchev–Trinajstić information content (AvgIpc) is 2.42. The molecule has 6 heteroatoms. The zero-order valence-electron chi connectivity index (χ0n) is 12.2. The number of urea groups is 1. The molecule has 1 fully saturated rings. The smallest absolute Gasteiger partial charge is 0.336 e. The number of carboxylic acids is 1. The van der Waals surface area contributed by atoms with E-state index in [1.54, 1.807) is 17.9 Å². The van der Waals surface area contributed by atoms with Gasteiger partial charge in [-0.2, -0.15) is 0 Å². The zero-order valence-corrected chi connectivity index (χ0v) is 12.2. The quantitative estimate of drug-likeness (QED) is 0.777. The number of carbonyl (C=O) groups excluding carboxylic acids is 1. The van der Waals surface area contributed by atoms with Gasteiger partial charge in [-0.25, -0.2) is 9.59 Å². The van der Waals surface area contributed by atoms with Crippen LogP contribution in [0.4, 0.5) is 10.5 Å². The highest BCUT2D eigenvalue weighted by molar-refractivity contribution is 5.94. The van der Waals surface area contributed by atoms with Crippen LogP contribution < -0.4 is 5.32 Å². The Kier molecular flexibility index (Phi) is 4.47. The summed E-state index contributed by atoms with van der Waals surface area (Å²) in [6, 6.07) is 2.90. The fourth-order valence-corrected chi connectivity index (χ4v) is 2.50. The van der Waals surface area contributed by atoms with Crippen molar-refractivity contribution in [2.45, 2.75) is 32.8 Å². The van der Waals surface area contributed by atoms with Crippen molar-refractivity contribution >= 4 is 17.7 Å². The summed E-state index contributed by atoms with van der Waals surface area (Å²) in [6.45, 7) is 4.45. The number of hydrogen-bond acceptors (Lipinski definition) is 3. The van der Waals surface area contributed by atoms with Gasteiger partial charge in [-0.15, -0.1) is 0 Å². The SMILES string of the molecule is Cc1cc(NC(=O)N2CCCC(O)C2)cc(C(=O)O)c1C. The molecule has 3 N–H and O–H groups in total.